The third kappa shape index (κ3) is 5.33. The van der Waals surface area contributed by atoms with Crippen LogP contribution in [0, 0.1) is 13.8 Å². The number of thiazole rings is 1. The number of carbonyl (C=O) groups is 1. The number of carbonyl (C=O) groups excluding carboxylic acids is 1. The minimum absolute atomic E-state index is 0.174. The van der Waals surface area contributed by atoms with Gasteiger partial charge in [-0.3, -0.25) is 9.36 Å². The molecule has 0 saturated heterocycles. The summed E-state index contributed by atoms with van der Waals surface area (Å²) in [6.07, 6.45) is 1.80. The van der Waals surface area contributed by atoms with E-state index in [0.717, 1.165) is 17.0 Å². The fourth-order valence-electron chi connectivity index (χ4n) is 3.06. The molecule has 170 valence electrons. The molecular formula is C22H19Cl2N5OS3. The molecule has 0 aliphatic heterocycles. The van der Waals surface area contributed by atoms with E-state index in [2.05, 4.69) is 46.3 Å². The number of halogens is 2. The maximum absolute atomic E-state index is 12.6. The zero-order valence-electron chi connectivity index (χ0n) is 17.8. The van der Waals surface area contributed by atoms with E-state index in [0.29, 0.717) is 32.6 Å². The molecule has 0 radical (unpaired) electrons. The number of rotatable bonds is 8. The highest BCUT2D eigenvalue weighted by atomic mass is 35.5. The Morgan fingerprint density at radius 1 is 1.21 bits per heavy atom. The van der Waals surface area contributed by atoms with Crippen LogP contribution in [-0.2, 0) is 11.3 Å². The van der Waals surface area contributed by atoms with E-state index in [1.807, 2.05) is 16.0 Å². The molecule has 0 unspecified atom stereocenters. The molecule has 0 aliphatic rings. The summed E-state index contributed by atoms with van der Waals surface area (Å²) in [6, 6.07) is 5.23. The van der Waals surface area contributed by atoms with Crippen LogP contribution in [0.3, 0.4) is 0 Å². The highest BCUT2D eigenvalue weighted by Gasteiger charge is 2.18. The minimum atomic E-state index is -0.180. The molecule has 3 heterocycles. The second-order valence-electron chi connectivity index (χ2n) is 7.03. The quantitative estimate of drug-likeness (QED) is 0.195. The van der Waals surface area contributed by atoms with Crippen molar-refractivity contribution in [1.82, 2.24) is 19.7 Å². The fourth-order valence-corrected chi connectivity index (χ4v) is 5.90. The number of benzene rings is 1. The number of hydrogen-bond donors (Lipinski definition) is 1. The van der Waals surface area contributed by atoms with Crippen molar-refractivity contribution >= 4 is 68.7 Å². The topological polar surface area (TPSA) is 72.7 Å². The molecule has 1 aromatic carbocycles. The molecule has 33 heavy (non-hydrogen) atoms. The van der Waals surface area contributed by atoms with Gasteiger partial charge in [0.05, 0.1) is 16.5 Å². The van der Waals surface area contributed by atoms with Crippen molar-refractivity contribution in [2.45, 2.75) is 25.5 Å². The second kappa shape index (κ2) is 10.4. The number of nitrogens with zero attached hydrogens (tertiary/aromatic N) is 4. The number of amides is 1. The number of anilines is 1. The first-order valence-electron chi connectivity index (χ1n) is 9.80. The average molecular weight is 537 g/mol. The van der Waals surface area contributed by atoms with Gasteiger partial charge in [0.25, 0.3) is 0 Å². The Morgan fingerprint density at radius 3 is 2.73 bits per heavy atom. The maximum Gasteiger partial charge on any atom is 0.236 e. The van der Waals surface area contributed by atoms with Crippen molar-refractivity contribution in [3.05, 3.63) is 62.1 Å². The first kappa shape index (κ1) is 24.0. The van der Waals surface area contributed by atoms with Gasteiger partial charge in [0.15, 0.2) is 16.1 Å². The van der Waals surface area contributed by atoms with E-state index in [9.17, 15) is 4.79 Å². The maximum atomic E-state index is 12.6. The van der Waals surface area contributed by atoms with Gasteiger partial charge in [-0.05, 0) is 37.6 Å². The summed E-state index contributed by atoms with van der Waals surface area (Å²) >= 11 is 16.6. The lowest BCUT2D eigenvalue weighted by Crippen LogP contribution is -2.14. The Hall–Kier alpha value is -2.17. The number of aryl methyl sites for hydroxylation is 1. The molecule has 1 amide bonds. The van der Waals surface area contributed by atoms with Gasteiger partial charge in [-0.25, -0.2) is 4.98 Å². The number of aromatic nitrogens is 4. The number of nitrogens with one attached hydrogen (secondary N) is 1. The third-order valence-corrected chi connectivity index (χ3v) is 8.13. The van der Waals surface area contributed by atoms with Crippen LogP contribution < -0.4 is 5.32 Å². The van der Waals surface area contributed by atoms with E-state index >= 15 is 0 Å². The summed E-state index contributed by atoms with van der Waals surface area (Å²) in [5.74, 6) is 0.775. The number of allylic oxidation sites excluding steroid dienone is 1. The lowest BCUT2D eigenvalue weighted by molar-refractivity contribution is -0.113. The van der Waals surface area contributed by atoms with Crippen molar-refractivity contribution in [2.75, 3.05) is 11.1 Å². The second-order valence-corrected chi connectivity index (χ2v) is 10.8. The monoisotopic (exact) mass is 535 g/mol. The van der Waals surface area contributed by atoms with Crippen molar-refractivity contribution in [1.29, 1.82) is 0 Å². The summed E-state index contributed by atoms with van der Waals surface area (Å²) in [5, 5.41) is 17.7. The van der Waals surface area contributed by atoms with Gasteiger partial charge in [0.2, 0.25) is 5.91 Å². The molecule has 11 heteroatoms. The molecule has 0 bridgehead atoms. The number of thioether (sulfide) groups is 1. The summed E-state index contributed by atoms with van der Waals surface area (Å²) in [7, 11) is 0. The van der Waals surface area contributed by atoms with E-state index in [-0.39, 0.29) is 11.7 Å². The van der Waals surface area contributed by atoms with Crippen LogP contribution >= 0.6 is 57.6 Å². The molecule has 1 N–H and O–H groups in total. The Morgan fingerprint density at radius 2 is 2.03 bits per heavy atom. The predicted molar refractivity (Wildman–Crippen MR) is 140 cm³/mol. The molecule has 4 rings (SSSR count). The zero-order chi connectivity index (χ0) is 23.5. The van der Waals surface area contributed by atoms with E-state index in [4.69, 9.17) is 23.2 Å². The van der Waals surface area contributed by atoms with Crippen LogP contribution in [0.25, 0.3) is 22.6 Å². The van der Waals surface area contributed by atoms with Gasteiger partial charge < -0.3 is 5.32 Å². The summed E-state index contributed by atoms with van der Waals surface area (Å²) < 4.78 is 1.98. The molecule has 0 fully saturated rings. The molecular weight excluding hydrogens is 517 g/mol. The average Bonchev–Trinajstić information content (AvgIpc) is 3.47. The highest BCUT2D eigenvalue weighted by Crippen LogP contribution is 2.33. The zero-order valence-corrected chi connectivity index (χ0v) is 21.7. The molecule has 0 aliphatic carbocycles. The van der Waals surface area contributed by atoms with Crippen LogP contribution in [-0.4, -0.2) is 31.4 Å². The van der Waals surface area contributed by atoms with E-state index in [1.165, 1.54) is 33.5 Å². The van der Waals surface area contributed by atoms with Crippen LogP contribution in [0.5, 0.6) is 0 Å². The van der Waals surface area contributed by atoms with Crippen molar-refractivity contribution in [2.24, 2.45) is 0 Å². The SMILES string of the molecule is C=CCn1c(SCC(=O)Nc2nc(-c3ccc(Cl)cc3Cl)cs2)nnc1-c1csc(C)c1C. The number of thiophene rings is 1. The molecule has 0 saturated carbocycles. The standard InChI is InChI=1S/C22H19Cl2N5OS3/c1-4-7-29-20(16-9-31-13(3)12(16)2)27-28-22(29)33-11-19(30)26-21-25-18(10-32-21)15-6-5-14(23)8-17(15)24/h4-6,8-10H,1,7,11H2,2-3H3,(H,25,26,30). The van der Waals surface area contributed by atoms with Crippen molar-refractivity contribution in [3.63, 3.8) is 0 Å². The minimum Gasteiger partial charge on any atom is -0.301 e. The van der Waals surface area contributed by atoms with Crippen LogP contribution in [0.1, 0.15) is 10.4 Å². The fraction of sp³-hybridized carbons (Fsp3) is 0.182. The summed E-state index contributed by atoms with van der Waals surface area (Å²) in [4.78, 5) is 18.3. The van der Waals surface area contributed by atoms with E-state index in [1.54, 1.807) is 29.5 Å². The molecule has 0 atom stereocenters. The predicted octanol–water partition coefficient (Wildman–Crippen LogP) is 6.97. The van der Waals surface area contributed by atoms with Crippen molar-refractivity contribution in [3.8, 4) is 22.6 Å². The summed E-state index contributed by atoms with van der Waals surface area (Å²) in [6.45, 7) is 8.56. The molecule has 3 aromatic heterocycles. The molecule has 4 aromatic rings. The molecule has 0 spiro atoms. The Balaban J connectivity index is 1.44. The summed E-state index contributed by atoms with van der Waals surface area (Å²) in [5.41, 5.74) is 3.68. The third-order valence-electron chi connectivity index (χ3n) is 4.85. The normalized spacial score (nSPS) is 11.0. The number of hydrogen-bond acceptors (Lipinski definition) is 7. The first-order chi connectivity index (χ1) is 15.9. The van der Waals surface area contributed by atoms with Crippen LogP contribution in [0.4, 0.5) is 5.13 Å². The Kier molecular flexibility index (Phi) is 7.55. The van der Waals surface area contributed by atoms with Gasteiger partial charge in [-0.15, -0.1) is 39.4 Å². The highest BCUT2D eigenvalue weighted by molar-refractivity contribution is 7.99. The Labute approximate surface area is 213 Å². The van der Waals surface area contributed by atoms with Crippen molar-refractivity contribution < 1.29 is 4.79 Å². The molecule has 6 nitrogen and oxygen atoms in total. The lowest BCUT2D eigenvalue weighted by atomic mass is 10.1. The smallest absolute Gasteiger partial charge is 0.236 e. The van der Waals surface area contributed by atoms with Gasteiger partial charge in [-0.2, -0.15) is 0 Å². The largest absolute Gasteiger partial charge is 0.301 e. The van der Waals surface area contributed by atoms with Crippen LogP contribution in [0.15, 0.2) is 46.8 Å². The van der Waals surface area contributed by atoms with Crippen LogP contribution in [0.2, 0.25) is 10.0 Å². The van der Waals surface area contributed by atoms with Gasteiger partial charge in [0.1, 0.15) is 0 Å². The van der Waals surface area contributed by atoms with Gasteiger partial charge in [-0.1, -0.05) is 41.0 Å². The van der Waals surface area contributed by atoms with Gasteiger partial charge >= 0.3 is 0 Å². The lowest BCUT2D eigenvalue weighted by Gasteiger charge is -2.07. The van der Waals surface area contributed by atoms with Gasteiger partial charge in [0, 0.05) is 38.3 Å². The van der Waals surface area contributed by atoms with E-state index < -0.39 is 0 Å². The first-order valence-corrected chi connectivity index (χ1v) is 13.3. The Bertz CT molecular complexity index is 1330.